The molecule has 0 aliphatic heterocycles. The number of nitrogens with one attached hydrogen (secondary N) is 1. The highest BCUT2D eigenvalue weighted by molar-refractivity contribution is 5.95. The highest BCUT2D eigenvalue weighted by Gasteiger charge is 2.19. The second-order valence-electron chi connectivity index (χ2n) is 3.66. The van der Waals surface area contributed by atoms with Crippen molar-refractivity contribution in [1.82, 2.24) is 5.32 Å². The molecule has 1 unspecified atom stereocenters. The van der Waals surface area contributed by atoms with E-state index in [9.17, 15) is 13.6 Å². The summed E-state index contributed by atoms with van der Waals surface area (Å²) in [5.41, 5.74) is 4.25. The van der Waals surface area contributed by atoms with Crippen molar-refractivity contribution in [2.24, 2.45) is 0 Å². The van der Waals surface area contributed by atoms with Crippen LogP contribution in [0.15, 0.2) is 12.1 Å². The number of nitrogen functional groups attached to an aromatic ring is 1. The minimum Gasteiger partial charge on any atom is -0.396 e. The molecule has 1 amide bonds. The van der Waals surface area contributed by atoms with Crippen molar-refractivity contribution in [3.8, 4) is 0 Å². The van der Waals surface area contributed by atoms with Gasteiger partial charge in [0, 0.05) is 7.11 Å². The molecule has 1 atom stereocenters. The van der Waals surface area contributed by atoms with E-state index in [1.54, 1.807) is 0 Å². The van der Waals surface area contributed by atoms with Crippen LogP contribution in [-0.2, 0) is 4.74 Å². The van der Waals surface area contributed by atoms with Gasteiger partial charge >= 0.3 is 0 Å². The summed E-state index contributed by atoms with van der Waals surface area (Å²) >= 11 is 0. The van der Waals surface area contributed by atoms with Gasteiger partial charge in [-0.1, -0.05) is 0 Å². The normalized spacial score (nSPS) is 12.2. The highest BCUT2D eigenvalue weighted by atomic mass is 19.1. The maximum atomic E-state index is 13.5. The molecule has 0 aromatic heterocycles. The van der Waals surface area contributed by atoms with Crippen LogP contribution in [0.25, 0.3) is 0 Å². The number of amides is 1. The Labute approximate surface area is 103 Å². The van der Waals surface area contributed by atoms with Gasteiger partial charge in [0.15, 0.2) is 5.82 Å². The quantitative estimate of drug-likeness (QED) is 0.664. The molecule has 4 N–H and O–H groups in total. The van der Waals surface area contributed by atoms with Gasteiger partial charge in [-0.25, -0.2) is 8.78 Å². The lowest BCUT2D eigenvalue weighted by Gasteiger charge is -2.15. The number of aliphatic hydroxyl groups is 1. The zero-order valence-corrected chi connectivity index (χ0v) is 9.74. The molecule has 0 bridgehead atoms. The number of methoxy groups -OCH3 is 1. The molecule has 0 fully saturated rings. The van der Waals surface area contributed by atoms with E-state index in [2.05, 4.69) is 5.32 Å². The summed E-state index contributed by atoms with van der Waals surface area (Å²) in [5.74, 6) is -2.68. The van der Waals surface area contributed by atoms with Crippen LogP contribution in [0.2, 0.25) is 0 Å². The predicted molar refractivity (Wildman–Crippen MR) is 61.0 cm³/mol. The lowest BCUT2D eigenvalue weighted by Crippen LogP contribution is -2.41. The molecular formula is C11H14F2N2O3. The number of benzene rings is 1. The number of nitrogens with two attached hydrogens (primary N) is 1. The van der Waals surface area contributed by atoms with Gasteiger partial charge in [-0.3, -0.25) is 4.79 Å². The molecule has 1 aromatic carbocycles. The summed E-state index contributed by atoms with van der Waals surface area (Å²) in [6.45, 7) is -0.333. The van der Waals surface area contributed by atoms with Gasteiger partial charge in [-0.05, 0) is 12.1 Å². The molecule has 100 valence electrons. The monoisotopic (exact) mass is 260 g/mol. The van der Waals surface area contributed by atoms with E-state index < -0.39 is 34.8 Å². The van der Waals surface area contributed by atoms with E-state index in [1.807, 2.05) is 0 Å². The summed E-state index contributed by atoms with van der Waals surface area (Å²) in [5, 5.41) is 11.2. The van der Waals surface area contributed by atoms with Crippen molar-refractivity contribution in [1.29, 1.82) is 0 Å². The molecule has 0 heterocycles. The Morgan fingerprint density at radius 3 is 2.78 bits per heavy atom. The van der Waals surface area contributed by atoms with Gasteiger partial charge in [-0.2, -0.15) is 0 Å². The molecule has 0 saturated heterocycles. The Hall–Kier alpha value is -1.73. The van der Waals surface area contributed by atoms with Crippen LogP contribution in [0.3, 0.4) is 0 Å². The number of ether oxygens (including phenoxy) is 1. The SMILES string of the molecule is COCC(CO)NC(=O)c1cc(F)cc(N)c1F. The fourth-order valence-corrected chi connectivity index (χ4v) is 1.38. The standard InChI is InChI=1S/C11H14F2N2O3/c1-18-5-7(4-16)15-11(17)8-2-6(12)3-9(14)10(8)13/h2-3,7,16H,4-5,14H2,1H3,(H,15,17). The third kappa shape index (κ3) is 3.38. The molecule has 0 aliphatic rings. The fourth-order valence-electron chi connectivity index (χ4n) is 1.38. The van der Waals surface area contributed by atoms with E-state index in [1.165, 1.54) is 7.11 Å². The van der Waals surface area contributed by atoms with E-state index in [0.717, 1.165) is 12.1 Å². The van der Waals surface area contributed by atoms with Gasteiger partial charge in [0.1, 0.15) is 5.82 Å². The van der Waals surface area contributed by atoms with Crippen LogP contribution in [0.5, 0.6) is 0 Å². The molecule has 0 aliphatic carbocycles. The Balaban J connectivity index is 2.90. The first kappa shape index (κ1) is 14.3. The number of hydrogen-bond acceptors (Lipinski definition) is 4. The van der Waals surface area contributed by atoms with E-state index in [4.69, 9.17) is 15.6 Å². The molecule has 0 spiro atoms. The Morgan fingerprint density at radius 1 is 1.56 bits per heavy atom. The summed E-state index contributed by atoms with van der Waals surface area (Å²) in [6, 6.07) is 0.818. The lowest BCUT2D eigenvalue weighted by atomic mass is 10.1. The molecule has 7 heteroatoms. The molecule has 0 radical (unpaired) electrons. The number of hydrogen-bond donors (Lipinski definition) is 3. The molecule has 1 aromatic rings. The number of carbonyl (C=O) groups excluding carboxylic acids is 1. The number of aliphatic hydroxyl groups excluding tert-OH is 1. The van der Waals surface area contributed by atoms with Crippen LogP contribution in [0.1, 0.15) is 10.4 Å². The lowest BCUT2D eigenvalue weighted by molar-refractivity contribution is 0.0835. The Kier molecular flexibility index (Phi) is 4.99. The van der Waals surface area contributed by atoms with Crippen molar-refractivity contribution in [3.05, 3.63) is 29.3 Å². The first-order valence-electron chi connectivity index (χ1n) is 5.14. The van der Waals surface area contributed by atoms with Crippen LogP contribution in [-0.4, -0.2) is 37.4 Å². The largest absolute Gasteiger partial charge is 0.396 e. The third-order valence-electron chi connectivity index (χ3n) is 2.23. The number of carbonyl (C=O) groups is 1. The molecule has 0 saturated carbocycles. The molecule has 5 nitrogen and oxygen atoms in total. The minimum absolute atomic E-state index is 0.0503. The first-order valence-corrected chi connectivity index (χ1v) is 5.14. The van der Waals surface area contributed by atoms with Crippen molar-refractivity contribution >= 4 is 11.6 Å². The molecule has 18 heavy (non-hydrogen) atoms. The van der Waals surface area contributed by atoms with Gasteiger partial charge in [-0.15, -0.1) is 0 Å². The van der Waals surface area contributed by atoms with Crippen molar-refractivity contribution in [2.45, 2.75) is 6.04 Å². The number of halogens is 2. The third-order valence-corrected chi connectivity index (χ3v) is 2.23. The fraction of sp³-hybridized carbons (Fsp3) is 0.364. The van der Waals surface area contributed by atoms with Crippen LogP contribution in [0, 0.1) is 11.6 Å². The van der Waals surface area contributed by atoms with Crippen molar-refractivity contribution < 1.29 is 23.4 Å². The van der Waals surface area contributed by atoms with Crippen molar-refractivity contribution in [3.63, 3.8) is 0 Å². The van der Waals surface area contributed by atoms with E-state index in [-0.39, 0.29) is 13.2 Å². The van der Waals surface area contributed by atoms with E-state index in [0.29, 0.717) is 0 Å². The highest BCUT2D eigenvalue weighted by Crippen LogP contribution is 2.17. The van der Waals surface area contributed by atoms with Gasteiger partial charge in [0.05, 0.1) is 30.5 Å². The number of rotatable bonds is 5. The van der Waals surface area contributed by atoms with Gasteiger partial charge in [0.25, 0.3) is 5.91 Å². The van der Waals surface area contributed by atoms with Crippen molar-refractivity contribution in [2.75, 3.05) is 26.1 Å². The zero-order valence-electron chi connectivity index (χ0n) is 9.74. The smallest absolute Gasteiger partial charge is 0.254 e. The summed E-state index contributed by atoms with van der Waals surface area (Å²) in [6.07, 6.45) is 0. The zero-order chi connectivity index (χ0) is 13.7. The summed E-state index contributed by atoms with van der Waals surface area (Å²) < 4.78 is 31.3. The maximum absolute atomic E-state index is 13.5. The van der Waals surface area contributed by atoms with Crippen LogP contribution >= 0.6 is 0 Å². The Morgan fingerprint density at radius 2 is 2.22 bits per heavy atom. The molecule has 1 rings (SSSR count). The average Bonchev–Trinajstić information content (AvgIpc) is 2.32. The van der Waals surface area contributed by atoms with E-state index >= 15 is 0 Å². The van der Waals surface area contributed by atoms with Crippen LogP contribution in [0.4, 0.5) is 14.5 Å². The maximum Gasteiger partial charge on any atom is 0.254 e. The van der Waals surface area contributed by atoms with Gasteiger partial charge in [0.2, 0.25) is 0 Å². The second kappa shape index (κ2) is 6.27. The topological polar surface area (TPSA) is 84.6 Å². The predicted octanol–water partition coefficient (Wildman–Crippen LogP) is 0.284. The first-order chi connectivity index (χ1) is 8.49. The summed E-state index contributed by atoms with van der Waals surface area (Å²) in [7, 11) is 1.38. The molecular weight excluding hydrogens is 246 g/mol. The number of anilines is 1. The summed E-state index contributed by atoms with van der Waals surface area (Å²) in [4.78, 5) is 11.7. The van der Waals surface area contributed by atoms with Gasteiger partial charge < -0.3 is 20.9 Å². The average molecular weight is 260 g/mol. The second-order valence-corrected chi connectivity index (χ2v) is 3.66. The van der Waals surface area contributed by atoms with Crippen LogP contribution < -0.4 is 11.1 Å². The Bertz CT molecular complexity index is 441. The minimum atomic E-state index is -0.997.